The van der Waals surface area contributed by atoms with Crippen LogP contribution in [0.4, 0.5) is 0 Å². The van der Waals surface area contributed by atoms with E-state index in [1.54, 1.807) is 0 Å². The molecule has 0 aromatic rings. The van der Waals surface area contributed by atoms with Crippen molar-refractivity contribution in [2.24, 2.45) is 11.8 Å². The maximum Gasteiger partial charge on any atom is 0.0171 e. The van der Waals surface area contributed by atoms with Crippen LogP contribution in [0.3, 0.4) is 0 Å². The zero-order chi connectivity index (χ0) is 5.72. The van der Waals surface area contributed by atoms with Crippen LogP contribution in [0.5, 0.6) is 0 Å². The van der Waals surface area contributed by atoms with Crippen molar-refractivity contribution in [1.82, 2.24) is 4.90 Å². The molecule has 0 saturated carbocycles. The Morgan fingerprint density at radius 2 is 1.62 bits per heavy atom. The van der Waals surface area contributed by atoms with Crippen molar-refractivity contribution in [2.75, 3.05) is 13.1 Å². The SMILES string of the molecule is CC1CN2CC(C)C12. The van der Waals surface area contributed by atoms with Crippen molar-refractivity contribution >= 4 is 0 Å². The lowest BCUT2D eigenvalue weighted by Crippen LogP contribution is -2.68. The van der Waals surface area contributed by atoms with Gasteiger partial charge in [-0.2, -0.15) is 0 Å². The summed E-state index contributed by atoms with van der Waals surface area (Å²) in [6.45, 7) is 7.46. The van der Waals surface area contributed by atoms with E-state index in [4.69, 9.17) is 0 Å². The number of fused-ring (bicyclic) bond motifs is 1. The molecule has 0 aromatic heterocycles. The molecule has 2 aliphatic rings. The van der Waals surface area contributed by atoms with E-state index in [1.165, 1.54) is 13.1 Å². The fraction of sp³-hybridized carbons (Fsp3) is 1.00. The summed E-state index contributed by atoms with van der Waals surface area (Å²) < 4.78 is 0. The molecular formula is C7H13N. The van der Waals surface area contributed by atoms with E-state index in [2.05, 4.69) is 18.7 Å². The zero-order valence-corrected chi connectivity index (χ0v) is 5.59. The molecule has 0 radical (unpaired) electrons. The van der Waals surface area contributed by atoms with Crippen molar-refractivity contribution in [3.63, 3.8) is 0 Å². The first kappa shape index (κ1) is 4.80. The molecule has 8 heavy (non-hydrogen) atoms. The summed E-state index contributed by atoms with van der Waals surface area (Å²) in [6.07, 6.45) is 0. The lowest BCUT2D eigenvalue weighted by Gasteiger charge is -2.59. The average Bonchev–Trinajstić information content (AvgIpc) is 1.63. The topological polar surface area (TPSA) is 3.24 Å². The summed E-state index contributed by atoms with van der Waals surface area (Å²) in [4.78, 5) is 2.56. The molecule has 2 fully saturated rings. The van der Waals surface area contributed by atoms with Gasteiger partial charge in [0, 0.05) is 19.1 Å². The first-order valence-electron chi connectivity index (χ1n) is 3.53. The van der Waals surface area contributed by atoms with Gasteiger partial charge in [-0.15, -0.1) is 0 Å². The summed E-state index contributed by atoms with van der Waals surface area (Å²) in [5, 5.41) is 0. The van der Waals surface area contributed by atoms with Crippen molar-refractivity contribution in [1.29, 1.82) is 0 Å². The molecule has 2 aliphatic heterocycles. The fourth-order valence-electron chi connectivity index (χ4n) is 2.28. The minimum atomic E-state index is 0.981. The number of rotatable bonds is 0. The molecule has 0 aliphatic carbocycles. The van der Waals surface area contributed by atoms with Gasteiger partial charge in [0.25, 0.3) is 0 Å². The van der Waals surface area contributed by atoms with Gasteiger partial charge >= 0.3 is 0 Å². The molecule has 0 amide bonds. The summed E-state index contributed by atoms with van der Waals surface area (Å²) in [7, 11) is 0. The molecule has 46 valence electrons. The molecule has 0 N–H and O–H groups in total. The third-order valence-corrected chi connectivity index (χ3v) is 2.63. The monoisotopic (exact) mass is 111 g/mol. The van der Waals surface area contributed by atoms with Gasteiger partial charge in [0.15, 0.2) is 0 Å². The summed E-state index contributed by atoms with van der Waals surface area (Å²) in [6, 6.07) is 0.981. The Morgan fingerprint density at radius 3 is 1.75 bits per heavy atom. The molecular weight excluding hydrogens is 98.1 g/mol. The number of piperidine rings is 1. The highest BCUT2D eigenvalue weighted by molar-refractivity contribution is 5.01. The van der Waals surface area contributed by atoms with Gasteiger partial charge in [-0.3, -0.25) is 4.90 Å². The number of hydrogen-bond acceptors (Lipinski definition) is 1. The summed E-state index contributed by atoms with van der Waals surface area (Å²) >= 11 is 0. The first-order chi connectivity index (χ1) is 3.79. The molecule has 2 rings (SSSR count). The van der Waals surface area contributed by atoms with Crippen molar-refractivity contribution in [3.8, 4) is 0 Å². The van der Waals surface area contributed by atoms with Crippen LogP contribution in [0.25, 0.3) is 0 Å². The predicted molar refractivity (Wildman–Crippen MR) is 33.7 cm³/mol. The highest BCUT2D eigenvalue weighted by Gasteiger charge is 2.47. The normalized spacial score (nSPS) is 54.0. The molecule has 0 bridgehead atoms. The van der Waals surface area contributed by atoms with Crippen molar-refractivity contribution in [2.45, 2.75) is 19.9 Å². The number of hydrogen-bond donors (Lipinski definition) is 0. The minimum Gasteiger partial charge on any atom is -0.299 e. The lowest BCUT2D eigenvalue weighted by molar-refractivity contribution is -0.105. The van der Waals surface area contributed by atoms with Crippen LogP contribution in [-0.4, -0.2) is 24.0 Å². The maximum absolute atomic E-state index is 2.56. The van der Waals surface area contributed by atoms with Gasteiger partial charge in [-0.05, 0) is 11.8 Å². The van der Waals surface area contributed by atoms with Crippen LogP contribution < -0.4 is 0 Å². The van der Waals surface area contributed by atoms with E-state index < -0.39 is 0 Å². The Balaban J connectivity index is 1.99. The Hall–Kier alpha value is -0.0400. The van der Waals surface area contributed by atoms with Crippen LogP contribution in [0.1, 0.15) is 13.8 Å². The lowest BCUT2D eigenvalue weighted by atomic mass is 9.73. The van der Waals surface area contributed by atoms with Gasteiger partial charge in [-0.1, -0.05) is 13.8 Å². The van der Waals surface area contributed by atoms with E-state index in [0.29, 0.717) is 0 Å². The predicted octanol–water partition coefficient (Wildman–Crippen LogP) is 0.956. The minimum absolute atomic E-state index is 0.981. The molecule has 0 aromatic carbocycles. The van der Waals surface area contributed by atoms with E-state index in [9.17, 15) is 0 Å². The van der Waals surface area contributed by atoms with E-state index in [0.717, 1.165) is 17.9 Å². The fourth-order valence-corrected chi connectivity index (χ4v) is 2.28. The van der Waals surface area contributed by atoms with Crippen molar-refractivity contribution in [3.05, 3.63) is 0 Å². The standard InChI is InChI=1S/C7H13N/c1-5-3-8-4-6(2)7(5)8/h5-7H,3-4H2,1-2H3. The second-order valence-corrected chi connectivity index (χ2v) is 3.40. The largest absolute Gasteiger partial charge is 0.299 e. The second-order valence-electron chi connectivity index (χ2n) is 3.40. The van der Waals surface area contributed by atoms with Gasteiger partial charge in [0.05, 0.1) is 0 Å². The Labute approximate surface area is 50.7 Å². The number of nitrogens with zero attached hydrogens (tertiary/aromatic N) is 1. The summed E-state index contributed by atoms with van der Waals surface area (Å²) in [5.74, 6) is 2.00. The third kappa shape index (κ3) is 0.368. The van der Waals surface area contributed by atoms with Gasteiger partial charge < -0.3 is 0 Å². The maximum atomic E-state index is 2.56. The highest BCUT2D eigenvalue weighted by atomic mass is 15.3. The molecule has 2 atom stereocenters. The Bertz CT molecular complexity index is 92.2. The van der Waals surface area contributed by atoms with Gasteiger partial charge in [0.2, 0.25) is 0 Å². The second kappa shape index (κ2) is 1.27. The van der Waals surface area contributed by atoms with Crippen LogP contribution in [0.2, 0.25) is 0 Å². The van der Waals surface area contributed by atoms with Crippen LogP contribution in [0, 0.1) is 11.8 Å². The molecule has 0 spiro atoms. The van der Waals surface area contributed by atoms with Gasteiger partial charge in [0.1, 0.15) is 0 Å². The smallest absolute Gasteiger partial charge is 0.0171 e. The Kier molecular flexibility index (Phi) is 0.762. The molecule has 2 heterocycles. The quantitative estimate of drug-likeness (QED) is 0.450. The zero-order valence-electron chi connectivity index (χ0n) is 5.59. The third-order valence-electron chi connectivity index (χ3n) is 2.63. The highest BCUT2D eigenvalue weighted by Crippen LogP contribution is 2.39. The first-order valence-corrected chi connectivity index (χ1v) is 3.53. The molecule has 1 nitrogen and oxygen atoms in total. The van der Waals surface area contributed by atoms with Crippen molar-refractivity contribution < 1.29 is 0 Å². The van der Waals surface area contributed by atoms with Gasteiger partial charge in [-0.25, -0.2) is 0 Å². The average molecular weight is 111 g/mol. The molecule has 2 unspecified atom stereocenters. The van der Waals surface area contributed by atoms with Crippen LogP contribution in [0.15, 0.2) is 0 Å². The Morgan fingerprint density at radius 1 is 1.12 bits per heavy atom. The van der Waals surface area contributed by atoms with E-state index >= 15 is 0 Å². The van der Waals surface area contributed by atoms with Crippen LogP contribution in [-0.2, 0) is 0 Å². The summed E-state index contributed by atoms with van der Waals surface area (Å²) in [5.41, 5.74) is 0. The van der Waals surface area contributed by atoms with Crippen LogP contribution >= 0.6 is 0 Å². The van der Waals surface area contributed by atoms with E-state index in [-0.39, 0.29) is 0 Å². The van der Waals surface area contributed by atoms with E-state index in [1.807, 2.05) is 0 Å². The molecule has 1 heteroatoms. The molecule has 2 saturated heterocycles.